The fourth-order valence-electron chi connectivity index (χ4n) is 4.49. The van der Waals surface area contributed by atoms with E-state index in [0.717, 1.165) is 32.8 Å². The average Bonchev–Trinajstić information content (AvgIpc) is 2.90. The molecule has 1 unspecified atom stereocenters. The Labute approximate surface area is 231 Å². The van der Waals surface area contributed by atoms with E-state index >= 15 is 0 Å². The summed E-state index contributed by atoms with van der Waals surface area (Å²) in [4.78, 5) is 28.9. The van der Waals surface area contributed by atoms with Crippen molar-refractivity contribution in [3.8, 4) is 5.75 Å². The summed E-state index contributed by atoms with van der Waals surface area (Å²) in [5.74, 6) is -0.184. The first-order valence-corrected chi connectivity index (χ1v) is 14.7. The van der Waals surface area contributed by atoms with Gasteiger partial charge in [0, 0.05) is 19.5 Å². The van der Waals surface area contributed by atoms with Gasteiger partial charge in [-0.25, -0.2) is 8.42 Å². The van der Waals surface area contributed by atoms with Gasteiger partial charge in [-0.3, -0.25) is 13.9 Å². The highest BCUT2D eigenvalue weighted by Crippen LogP contribution is 2.25. The van der Waals surface area contributed by atoms with Crippen LogP contribution in [0.1, 0.15) is 29.2 Å². The maximum atomic E-state index is 14.1. The molecule has 0 fully saturated rings. The van der Waals surface area contributed by atoms with Gasteiger partial charge in [0.25, 0.3) is 0 Å². The first-order chi connectivity index (χ1) is 18.5. The minimum atomic E-state index is -3.82. The standard InChI is InChI=1S/C30H37N3O5S/c1-6-31-30(35)28(19-24-11-8-7-9-12-24)32(20-25-13-10-14-26(18-25)38-4)29(34)21-33(39(5,36)37)27-16-15-22(2)17-23(27)3/h7-18,28H,6,19-21H2,1-5H3,(H,31,35). The summed E-state index contributed by atoms with van der Waals surface area (Å²) in [6.07, 6.45) is 1.35. The van der Waals surface area contributed by atoms with Gasteiger partial charge >= 0.3 is 0 Å². The summed E-state index contributed by atoms with van der Waals surface area (Å²) in [6.45, 7) is 5.59. The van der Waals surface area contributed by atoms with Crippen molar-refractivity contribution in [1.29, 1.82) is 0 Å². The molecule has 2 amide bonds. The molecule has 0 aliphatic rings. The van der Waals surface area contributed by atoms with Crippen molar-refractivity contribution in [3.05, 3.63) is 95.1 Å². The molecule has 3 aromatic carbocycles. The SMILES string of the molecule is CCNC(=O)C(Cc1ccccc1)N(Cc1cccc(OC)c1)C(=O)CN(c1ccc(C)cc1C)S(C)(=O)=O. The van der Waals surface area contributed by atoms with E-state index in [1.165, 1.54) is 4.90 Å². The zero-order valence-electron chi connectivity index (χ0n) is 23.2. The maximum absolute atomic E-state index is 14.1. The van der Waals surface area contributed by atoms with Crippen molar-refractivity contribution in [1.82, 2.24) is 10.2 Å². The molecular formula is C30H37N3O5S. The van der Waals surface area contributed by atoms with Crippen molar-refractivity contribution < 1.29 is 22.7 Å². The number of anilines is 1. The second-order valence-corrected chi connectivity index (χ2v) is 11.4. The van der Waals surface area contributed by atoms with Gasteiger partial charge in [0.15, 0.2) is 0 Å². The Morgan fingerprint density at radius 3 is 2.26 bits per heavy atom. The molecule has 3 rings (SSSR count). The quantitative estimate of drug-likeness (QED) is 0.369. The molecule has 0 aromatic heterocycles. The third-order valence-corrected chi connectivity index (χ3v) is 7.54. The van der Waals surface area contributed by atoms with Crippen LogP contribution in [-0.4, -0.2) is 57.6 Å². The van der Waals surface area contributed by atoms with Crippen molar-refractivity contribution in [2.75, 3.05) is 30.8 Å². The van der Waals surface area contributed by atoms with Crippen molar-refractivity contribution in [2.45, 2.75) is 39.8 Å². The number of carbonyl (C=O) groups is 2. The number of amides is 2. The summed E-state index contributed by atoms with van der Waals surface area (Å²) >= 11 is 0. The first kappa shape index (κ1) is 29.7. The third kappa shape index (κ3) is 8.07. The second-order valence-electron chi connectivity index (χ2n) is 9.53. The molecule has 0 aliphatic heterocycles. The predicted octanol–water partition coefficient (Wildman–Crippen LogP) is 3.85. The van der Waals surface area contributed by atoms with E-state index in [9.17, 15) is 18.0 Å². The Bertz CT molecular complexity index is 1390. The van der Waals surface area contributed by atoms with Crippen molar-refractivity contribution >= 4 is 27.5 Å². The van der Waals surface area contributed by atoms with E-state index in [1.54, 1.807) is 25.3 Å². The number of methoxy groups -OCH3 is 1. The van der Waals surface area contributed by atoms with Gasteiger partial charge < -0.3 is 15.0 Å². The summed E-state index contributed by atoms with van der Waals surface area (Å²) in [5.41, 5.74) is 3.77. The molecule has 9 heteroatoms. The third-order valence-electron chi connectivity index (χ3n) is 6.41. The number of carbonyl (C=O) groups excluding carboxylic acids is 2. The van der Waals surface area contributed by atoms with Crippen molar-refractivity contribution in [3.63, 3.8) is 0 Å². The largest absolute Gasteiger partial charge is 0.497 e. The highest BCUT2D eigenvalue weighted by Gasteiger charge is 2.33. The molecule has 1 N–H and O–H groups in total. The number of benzene rings is 3. The van der Waals surface area contributed by atoms with E-state index in [2.05, 4.69) is 5.32 Å². The minimum Gasteiger partial charge on any atom is -0.497 e. The van der Waals surface area contributed by atoms with E-state index in [4.69, 9.17) is 4.74 Å². The van der Waals surface area contributed by atoms with Gasteiger partial charge in [-0.15, -0.1) is 0 Å². The molecule has 0 bridgehead atoms. The molecular weight excluding hydrogens is 514 g/mol. The summed E-state index contributed by atoms with van der Waals surface area (Å²) in [6, 6.07) is 21.2. The lowest BCUT2D eigenvalue weighted by molar-refractivity contribution is -0.140. The summed E-state index contributed by atoms with van der Waals surface area (Å²) in [5, 5.41) is 2.85. The van der Waals surface area contributed by atoms with Crippen LogP contribution in [0.3, 0.4) is 0 Å². The first-order valence-electron chi connectivity index (χ1n) is 12.8. The smallest absolute Gasteiger partial charge is 0.244 e. The van der Waals surface area contributed by atoms with E-state index in [-0.39, 0.29) is 18.9 Å². The van der Waals surface area contributed by atoms with Gasteiger partial charge in [0.05, 0.1) is 19.1 Å². The molecule has 8 nitrogen and oxygen atoms in total. The highest BCUT2D eigenvalue weighted by atomic mass is 32.2. The van der Waals surface area contributed by atoms with Gasteiger partial charge in [0.1, 0.15) is 18.3 Å². The number of hydrogen-bond acceptors (Lipinski definition) is 5. The predicted molar refractivity (Wildman–Crippen MR) is 154 cm³/mol. The molecule has 0 radical (unpaired) electrons. The molecule has 0 saturated carbocycles. The number of aryl methyl sites for hydroxylation is 2. The van der Waals surface area contributed by atoms with Crippen LogP contribution in [0.5, 0.6) is 5.75 Å². The summed E-state index contributed by atoms with van der Waals surface area (Å²) < 4.78 is 32.3. The van der Waals surface area contributed by atoms with Crippen LogP contribution in [0.4, 0.5) is 5.69 Å². The zero-order valence-corrected chi connectivity index (χ0v) is 24.0. The Morgan fingerprint density at radius 2 is 1.64 bits per heavy atom. The molecule has 0 heterocycles. The van der Waals surface area contributed by atoms with Crippen LogP contribution in [-0.2, 0) is 32.6 Å². The number of rotatable bonds is 12. The highest BCUT2D eigenvalue weighted by molar-refractivity contribution is 7.92. The Kier molecular flexibility index (Phi) is 10.1. The molecule has 39 heavy (non-hydrogen) atoms. The fraction of sp³-hybridized carbons (Fsp3) is 0.333. The number of nitrogens with zero attached hydrogens (tertiary/aromatic N) is 2. The van der Waals surface area contributed by atoms with Crippen LogP contribution < -0.4 is 14.4 Å². The molecule has 208 valence electrons. The molecule has 0 aliphatic carbocycles. The number of sulfonamides is 1. The lowest BCUT2D eigenvalue weighted by Crippen LogP contribution is -2.53. The maximum Gasteiger partial charge on any atom is 0.244 e. The van der Waals surface area contributed by atoms with Crippen LogP contribution in [0.15, 0.2) is 72.8 Å². The van der Waals surface area contributed by atoms with E-state index < -0.39 is 28.5 Å². The van der Waals surface area contributed by atoms with Crippen LogP contribution in [0.2, 0.25) is 0 Å². The van der Waals surface area contributed by atoms with Crippen LogP contribution >= 0.6 is 0 Å². The number of hydrogen-bond donors (Lipinski definition) is 1. The van der Waals surface area contributed by atoms with E-state index in [1.807, 2.05) is 75.4 Å². The Hall–Kier alpha value is -3.85. The van der Waals surface area contributed by atoms with Crippen LogP contribution in [0, 0.1) is 13.8 Å². The second kappa shape index (κ2) is 13.3. The van der Waals surface area contributed by atoms with Gasteiger partial charge in [-0.05, 0) is 55.7 Å². The molecule has 0 spiro atoms. The summed E-state index contributed by atoms with van der Waals surface area (Å²) in [7, 11) is -2.26. The molecule has 1 atom stereocenters. The lowest BCUT2D eigenvalue weighted by atomic mass is 10.0. The Balaban J connectivity index is 2.07. The normalized spacial score (nSPS) is 11.9. The van der Waals surface area contributed by atoms with Gasteiger partial charge in [-0.1, -0.05) is 60.2 Å². The zero-order chi connectivity index (χ0) is 28.6. The van der Waals surface area contributed by atoms with Crippen LogP contribution in [0.25, 0.3) is 0 Å². The van der Waals surface area contributed by atoms with E-state index in [0.29, 0.717) is 18.0 Å². The molecule has 0 saturated heterocycles. The Morgan fingerprint density at radius 1 is 0.949 bits per heavy atom. The average molecular weight is 552 g/mol. The minimum absolute atomic E-state index is 0.0924. The topological polar surface area (TPSA) is 96.0 Å². The number of likely N-dealkylation sites (N-methyl/N-ethyl adjacent to an activating group) is 1. The fourth-order valence-corrected chi connectivity index (χ4v) is 5.40. The van der Waals surface area contributed by atoms with Gasteiger partial charge in [0.2, 0.25) is 21.8 Å². The van der Waals surface area contributed by atoms with Crippen molar-refractivity contribution in [2.24, 2.45) is 0 Å². The molecule has 3 aromatic rings. The number of nitrogens with one attached hydrogen (secondary N) is 1. The monoisotopic (exact) mass is 551 g/mol. The number of ether oxygens (including phenoxy) is 1. The lowest BCUT2D eigenvalue weighted by Gasteiger charge is -2.33. The van der Waals surface area contributed by atoms with Gasteiger partial charge in [-0.2, -0.15) is 0 Å².